The molecule has 7 heteroatoms. The first kappa shape index (κ1) is 11.9. The molecule has 0 aliphatic rings. The molecule has 0 spiro atoms. The number of aryl methyl sites for hydroxylation is 1. The van der Waals surface area contributed by atoms with Crippen LogP contribution in [0.3, 0.4) is 0 Å². The van der Waals surface area contributed by atoms with E-state index in [1.165, 1.54) is 12.4 Å². The molecule has 0 aliphatic heterocycles. The van der Waals surface area contributed by atoms with Crippen molar-refractivity contribution in [3.05, 3.63) is 23.0 Å². The molecule has 0 saturated carbocycles. The number of rotatable bonds is 3. The first-order chi connectivity index (χ1) is 7.56. The van der Waals surface area contributed by atoms with Crippen LogP contribution < -0.4 is 11.5 Å². The maximum Gasteiger partial charge on any atom is 0.211 e. The number of guanidine groups is 1. The number of pyridine rings is 1. The van der Waals surface area contributed by atoms with Crippen LogP contribution in [-0.4, -0.2) is 27.4 Å². The van der Waals surface area contributed by atoms with E-state index >= 15 is 0 Å². The van der Waals surface area contributed by atoms with Crippen LogP contribution in [0, 0.1) is 6.92 Å². The van der Waals surface area contributed by atoms with Crippen LogP contribution in [-0.2, 0) is 6.61 Å². The van der Waals surface area contributed by atoms with E-state index in [0.29, 0.717) is 16.8 Å². The highest BCUT2D eigenvalue weighted by Crippen LogP contribution is 2.21. The van der Waals surface area contributed by atoms with Crippen molar-refractivity contribution in [2.75, 3.05) is 0 Å². The van der Waals surface area contributed by atoms with E-state index in [1.807, 2.05) is 0 Å². The molecule has 1 aromatic heterocycles. The van der Waals surface area contributed by atoms with Gasteiger partial charge in [0.05, 0.1) is 18.5 Å². The molecule has 0 amide bonds. The lowest BCUT2D eigenvalue weighted by atomic mass is 10.1. The van der Waals surface area contributed by atoms with Gasteiger partial charge >= 0.3 is 0 Å². The quantitative estimate of drug-likeness (QED) is 0.302. The van der Waals surface area contributed by atoms with Crippen LogP contribution in [0.25, 0.3) is 0 Å². The molecular weight excluding hydrogens is 210 g/mol. The average Bonchev–Trinajstić information content (AvgIpc) is 2.24. The van der Waals surface area contributed by atoms with E-state index in [9.17, 15) is 5.11 Å². The van der Waals surface area contributed by atoms with Gasteiger partial charge in [0, 0.05) is 17.3 Å². The predicted molar refractivity (Wildman–Crippen MR) is 60.0 cm³/mol. The number of nitrogens with two attached hydrogens (primary N) is 2. The molecular formula is C9H13N5O2. The SMILES string of the molecule is Cc1ncc(CO)c(/C=N/N=C(N)N)c1O. The number of aliphatic hydroxyl groups excluding tert-OH is 1. The standard InChI is InChI=1S/C9H13N5O2/c1-5-8(16)7(3-13-14-9(10)11)6(4-15)2-12-5/h2-3,15-16H,4H2,1H3,(H4,10,11,14)/b13-3+. The highest BCUT2D eigenvalue weighted by atomic mass is 16.3. The summed E-state index contributed by atoms with van der Waals surface area (Å²) >= 11 is 0. The van der Waals surface area contributed by atoms with E-state index in [2.05, 4.69) is 15.2 Å². The molecule has 0 radical (unpaired) electrons. The van der Waals surface area contributed by atoms with Crippen molar-refractivity contribution in [1.82, 2.24) is 4.98 Å². The molecule has 7 nitrogen and oxygen atoms in total. The zero-order valence-corrected chi connectivity index (χ0v) is 8.75. The molecule has 0 atom stereocenters. The topological polar surface area (TPSA) is 130 Å². The second-order valence-electron chi connectivity index (χ2n) is 3.06. The average molecular weight is 223 g/mol. The maximum absolute atomic E-state index is 9.70. The van der Waals surface area contributed by atoms with Crippen LogP contribution in [0.1, 0.15) is 16.8 Å². The fourth-order valence-corrected chi connectivity index (χ4v) is 1.08. The smallest absolute Gasteiger partial charge is 0.211 e. The predicted octanol–water partition coefficient (Wildman–Crippen LogP) is -0.805. The normalized spacial score (nSPS) is 10.6. The van der Waals surface area contributed by atoms with Crippen molar-refractivity contribution < 1.29 is 10.2 Å². The summed E-state index contributed by atoms with van der Waals surface area (Å²) in [4.78, 5) is 3.90. The van der Waals surface area contributed by atoms with Gasteiger partial charge in [0.2, 0.25) is 5.96 Å². The van der Waals surface area contributed by atoms with Crippen molar-refractivity contribution in [2.24, 2.45) is 21.7 Å². The minimum absolute atomic E-state index is 0.0545. The zero-order chi connectivity index (χ0) is 12.1. The fourth-order valence-electron chi connectivity index (χ4n) is 1.08. The van der Waals surface area contributed by atoms with Gasteiger partial charge in [-0.1, -0.05) is 0 Å². The van der Waals surface area contributed by atoms with Crippen LogP contribution in [0.2, 0.25) is 0 Å². The molecule has 6 N–H and O–H groups in total. The molecule has 1 aromatic rings. The Morgan fingerprint density at radius 1 is 1.56 bits per heavy atom. The number of aromatic nitrogens is 1. The lowest BCUT2D eigenvalue weighted by molar-refractivity contribution is 0.280. The summed E-state index contributed by atoms with van der Waals surface area (Å²) in [5.74, 6) is -0.242. The summed E-state index contributed by atoms with van der Waals surface area (Å²) in [6.45, 7) is 1.37. The second kappa shape index (κ2) is 5.08. The molecule has 1 heterocycles. The van der Waals surface area contributed by atoms with Gasteiger partial charge in [0.25, 0.3) is 0 Å². The summed E-state index contributed by atoms with van der Waals surface area (Å²) in [5.41, 5.74) is 11.4. The third-order valence-corrected chi connectivity index (χ3v) is 1.89. The van der Waals surface area contributed by atoms with Gasteiger partial charge in [0.1, 0.15) is 5.75 Å². The Labute approximate surface area is 92.1 Å². The largest absolute Gasteiger partial charge is 0.505 e. The van der Waals surface area contributed by atoms with E-state index in [1.54, 1.807) is 6.92 Å². The molecule has 0 bridgehead atoms. The van der Waals surface area contributed by atoms with Crippen LogP contribution in [0.5, 0.6) is 5.75 Å². The molecule has 0 aromatic carbocycles. The van der Waals surface area contributed by atoms with Gasteiger partial charge in [-0.15, -0.1) is 5.10 Å². The van der Waals surface area contributed by atoms with E-state index in [0.717, 1.165) is 0 Å². The van der Waals surface area contributed by atoms with Crippen LogP contribution in [0.15, 0.2) is 16.4 Å². The number of nitrogens with zero attached hydrogens (tertiary/aromatic N) is 3. The van der Waals surface area contributed by atoms with Crippen molar-refractivity contribution >= 4 is 12.2 Å². The number of hydrogen-bond acceptors (Lipinski definition) is 5. The molecule has 86 valence electrons. The third kappa shape index (κ3) is 2.67. The molecule has 16 heavy (non-hydrogen) atoms. The Balaban J connectivity index is 3.15. The van der Waals surface area contributed by atoms with E-state index in [-0.39, 0.29) is 18.3 Å². The van der Waals surface area contributed by atoms with Crippen molar-refractivity contribution in [3.63, 3.8) is 0 Å². The van der Waals surface area contributed by atoms with Gasteiger partial charge in [-0.05, 0) is 6.92 Å². The molecule has 0 unspecified atom stereocenters. The molecule has 0 fully saturated rings. The minimum Gasteiger partial charge on any atom is -0.505 e. The lowest BCUT2D eigenvalue weighted by Crippen LogP contribution is -2.21. The Hall–Kier alpha value is -2.15. The van der Waals surface area contributed by atoms with Gasteiger partial charge in [-0.25, -0.2) is 0 Å². The van der Waals surface area contributed by atoms with Crippen LogP contribution >= 0.6 is 0 Å². The van der Waals surface area contributed by atoms with Crippen molar-refractivity contribution in [2.45, 2.75) is 13.5 Å². The molecule has 0 aliphatic carbocycles. The Kier molecular flexibility index (Phi) is 3.78. The highest BCUT2D eigenvalue weighted by Gasteiger charge is 2.08. The van der Waals surface area contributed by atoms with E-state index in [4.69, 9.17) is 16.6 Å². The van der Waals surface area contributed by atoms with Crippen LogP contribution in [0.4, 0.5) is 0 Å². The van der Waals surface area contributed by atoms with Gasteiger partial charge in [-0.3, -0.25) is 4.98 Å². The number of aliphatic hydroxyl groups is 1. The maximum atomic E-state index is 9.70. The van der Waals surface area contributed by atoms with Gasteiger partial charge in [0.15, 0.2) is 0 Å². The Morgan fingerprint density at radius 2 is 2.25 bits per heavy atom. The monoisotopic (exact) mass is 223 g/mol. The summed E-state index contributed by atoms with van der Waals surface area (Å²) < 4.78 is 0. The van der Waals surface area contributed by atoms with Crippen molar-refractivity contribution in [1.29, 1.82) is 0 Å². The number of hydrogen-bond donors (Lipinski definition) is 4. The first-order valence-electron chi connectivity index (χ1n) is 4.46. The highest BCUT2D eigenvalue weighted by molar-refractivity contribution is 5.86. The van der Waals surface area contributed by atoms with Gasteiger partial charge < -0.3 is 21.7 Å². The summed E-state index contributed by atoms with van der Waals surface area (Å²) in [7, 11) is 0. The Bertz CT molecular complexity index is 438. The third-order valence-electron chi connectivity index (χ3n) is 1.89. The zero-order valence-electron chi connectivity index (χ0n) is 8.75. The first-order valence-corrected chi connectivity index (χ1v) is 4.46. The second-order valence-corrected chi connectivity index (χ2v) is 3.06. The fraction of sp³-hybridized carbons (Fsp3) is 0.222. The summed E-state index contributed by atoms with van der Waals surface area (Å²) in [6, 6.07) is 0. The minimum atomic E-state index is -0.260. The summed E-state index contributed by atoms with van der Waals surface area (Å²) in [6.07, 6.45) is 2.71. The van der Waals surface area contributed by atoms with Crippen molar-refractivity contribution in [3.8, 4) is 5.75 Å². The molecule has 0 saturated heterocycles. The lowest BCUT2D eigenvalue weighted by Gasteiger charge is -2.06. The Morgan fingerprint density at radius 3 is 2.81 bits per heavy atom. The van der Waals surface area contributed by atoms with E-state index < -0.39 is 0 Å². The number of aromatic hydroxyl groups is 1. The molecule has 1 rings (SSSR count). The van der Waals surface area contributed by atoms with Gasteiger partial charge in [-0.2, -0.15) is 5.10 Å². The summed E-state index contributed by atoms with van der Waals surface area (Å²) in [5, 5.41) is 25.7.